The monoisotopic (exact) mass is 360 g/mol. The summed E-state index contributed by atoms with van der Waals surface area (Å²) in [6.07, 6.45) is -0.463. The van der Waals surface area contributed by atoms with Crippen LogP contribution in [0.25, 0.3) is 0 Å². The third-order valence-electron chi connectivity index (χ3n) is 3.36. The Morgan fingerprint density at radius 3 is 2.56 bits per heavy atom. The Bertz CT molecular complexity index is 701. The van der Waals surface area contributed by atoms with Crippen molar-refractivity contribution in [1.82, 2.24) is 10.6 Å². The summed E-state index contributed by atoms with van der Waals surface area (Å²) in [4.78, 5) is 36.1. The maximum atomic E-state index is 12.3. The highest BCUT2D eigenvalue weighted by atomic mass is 32.1. The van der Waals surface area contributed by atoms with E-state index in [2.05, 4.69) is 10.6 Å². The van der Waals surface area contributed by atoms with E-state index in [0.717, 1.165) is 5.56 Å². The van der Waals surface area contributed by atoms with Crippen LogP contribution in [0.1, 0.15) is 30.6 Å². The number of carbonyl (C=O) groups is 3. The normalized spacial score (nSPS) is 11.4. The largest absolute Gasteiger partial charge is 0.447 e. The zero-order valence-electron chi connectivity index (χ0n) is 13.9. The lowest BCUT2D eigenvalue weighted by Crippen LogP contribution is -2.42. The number of hydrogen-bond donors (Lipinski definition) is 2. The molecule has 0 aliphatic carbocycles. The van der Waals surface area contributed by atoms with E-state index in [4.69, 9.17) is 4.74 Å². The number of ether oxygens (including phenoxy) is 1. The Morgan fingerprint density at radius 1 is 1.16 bits per heavy atom. The van der Waals surface area contributed by atoms with Crippen LogP contribution in [0, 0.1) is 0 Å². The third-order valence-corrected chi connectivity index (χ3v) is 4.09. The minimum atomic E-state index is -1.17. The highest BCUT2D eigenvalue weighted by Crippen LogP contribution is 2.19. The molecular formula is C18H20N2O4S. The molecule has 132 valence electrons. The van der Waals surface area contributed by atoms with Gasteiger partial charge in [-0.2, -0.15) is 11.3 Å². The van der Waals surface area contributed by atoms with Crippen molar-refractivity contribution in [1.29, 1.82) is 0 Å². The molecule has 3 amide bonds. The van der Waals surface area contributed by atoms with Gasteiger partial charge in [0.2, 0.25) is 6.10 Å². The number of urea groups is 1. The molecule has 6 nitrogen and oxygen atoms in total. The third kappa shape index (κ3) is 6.04. The second-order valence-corrected chi connectivity index (χ2v) is 6.04. The standard InChI is InChI=1S/C18H20N2O4S/c1-2-19-18(23)20-17(22)16(14-6-4-3-5-7-14)24-15(21)9-8-13-10-11-25-12-13/h3-7,10-12,16H,2,8-9H2,1H3,(H2,19,20,22,23)/t16-/m1/s1. The van der Waals surface area contributed by atoms with E-state index in [1.165, 1.54) is 0 Å². The zero-order valence-corrected chi connectivity index (χ0v) is 14.7. The fourth-order valence-electron chi connectivity index (χ4n) is 2.15. The number of benzene rings is 1. The molecule has 0 aliphatic rings. The van der Waals surface area contributed by atoms with Crippen molar-refractivity contribution in [3.8, 4) is 0 Å². The molecule has 0 bridgehead atoms. The van der Waals surface area contributed by atoms with E-state index in [9.17, 15) is 14.4 Å². The first-order chi connectivity index (χ1) is 12.1. The van der Waals surface area contributed by atoms with Crippen LogP contribution in [-0.4, -0.2) is 24.5 Å². The van der Waals surface area contributed by atoms with Crippen LogP contribution in [0.2, 0.25) is 0 Å². The van der Waals surface area contributed by atoms with Crippen LogP contribution in [0.4, 0.5) is 4.79 Å². The summed E-state index contributed by atoms with van der Waals surface area (Å²) in [5.74, 6) is -1.17. The number of amides is 3. The van der Waals surface area contributed by atoms with Gasteiger partial charge < -0.3 is 10.1 Å². The molecule has 7 heteroatoms. The smallest absolute Gasteiger partial charge is 0.321 e. The molecule has 0 aliphatic heterocycles. The average molecular weight is 360 g/mol. The lowest BCUT2D eigenvalue weighted by atomic mass is 10.1. The van der Waals surface area contributed by atoms with Crippen molar-refractivity contribution in [2.24, 2.45) is 0 Å². The molecule has 1 aromatic carbocycles. The maximum absolute atomic E-state index is 12.3. The number of rotatable bonds is 7. The van der Waals surface area contributed by atoms with E-state index >= 15 is 0 Å². The average Bonchev–Trinajstić information content (AvgIpc) is 3.12. The van der Waals surface area contributed by atoms with Gasteiger partial charge in [-0.15, -0.1) is 0 Å². The quantitative estimate of drug-likeness (QED) is 0.744. The first kappa shape index (κ1) is 18.7. The molecule has 0 spiro atoms. The highest BCUT2D eigenvalue weighted by Gasteiger charge is 2.26. The summed E-state index contributed by atoms with van der Waals surface area (Å²) in [5.41, 5.74) is 1.55. The van der Waals surface area contributed by atoms with Gasteiger partial charge in [0.15, 0.2) is 0 Å². The molecular weight excluding hydrogens is 340 g/mol. The summed E-state index contributed by atoms with van der Waals surface area (Å²) < 4.78 is 5.35. The summed E-state index contributed by atoms with van der Waals surface area (Å²) in [6, 6.07) is 9.93. The van der Waals surface area contributed by atoms with Crippen LogP contribution in [0.3, 0.4) is 0 Å². The van der Waals surface area contributed by atoms with Gasteiger partial charge >= 0.3 is 12.0 Å². The number of carbonyl (C=O) groups excluding carboxylic acids is 3. The molecule has 2 N–H and O–H groups in total. The van der Waals surface area contributed by atoms with Crippen molar-refractivity contribution >= 4 is 29.2 Å². The molecule has 2 aromatic rings. The van der Waals surface area contributed by atoms with Gasteiger partial charge in [-0.05, 0) is 35.7 Å². The van der Waals surface area contributed by atoms with Crippen molar-refractivity contribution in [3.05, 3.63) is 58.3 Å². The van der Waals surface area contributed by atoms with Gasteiger partial charge in [0.05, 0.1) is 0 Å². The first-order valence-electron chi connectivity index (χ1n) is 7.94. The highest BCUT2D eigenvalue weighted by molar-refractivity contribution is 7.07. The van der Waals surface area contributed by atoms with Crippen molar-refractivity contribution in [3.63, 3.8) is 0 Å². The number of nitrogens with one attached hydrogen (secondary N) is 2. The van der Waals surface area contributed by atoms with Gasteiger partial charge in [0, 0.05) is 18.5 Å². The van der Waals surface area contributed by atoms with Crippen LogP contribution < -0.4 is 10.6 Å². The summed E-state index contributed by atoms with van der Waals surface area (Å²) in [6.45, 7) is 2.12. The summed E-state index contributed by atoms with van der Waals surface area (Å²) >= 11 is 1.56. The molecule has 1 aromatic heterocycles. The molecule has 2 rings (SSSR count). The number of thiophene rings is 1. The van der Waals surface area contributed by atoms with Crippen LogP contribution in [0.15, 0.2) is 47.2 Å². The topological polar surface area (TPSA) is 84.5 Å². The SMILES string of the molecule is CCNC(=O)NC(=O)[C@H](OC(=O)CCc1ccsc1)c1ccccc1. The number of hydrogen-bond acceptors (Lipinski definition) is 5. The van der Waals surface area contributed by atoms with E-state index in [0.29, 0.717) is 18.5 Å². The minimum absolute atomic E-state index is 0.161. The molecule has 25 heavy (non-hydrogen) atoms. The first-order valence-corrected chi connectivity index (χ1v) is 8.88. The fraction of sp³-hybridized carbons (Fsp3) is 0.278. The molecule has 0 fully saturated rings. The molecule has 1 heterocycles. The Kier molecular flexibility index (Phi) is 7.16. The summed E-state index contributed by atoms with van der Waals surface area (Å²) in [5, 5.41) is 8.56. The van der Waals surface area contributed by atoms with Crippen molar-refractivity contribution in [2.45, 2.75) is 25.9 Å². The van der Waals surface area contributed by atoms with Crippen LogP contribution in [0.5, 0.6) is 0 Å². The minimum Gasteiger partial charge on any atom is -0.447 e. The van der Waals surface area contributed by atoms with Crippen molar-refractivity contribution < 1.29 is 19.1 Å². The van der Waals surface area contributed by atoms with E-state index in [1.807, 2.05) is 16.8 Å². The van der Waals surface area contributed by atoms with Gasteiger partial charge in [0.25, 0.3) is 5.91 Å². The Labute approximate surface area is 150 Å². The number of imide groups is 1. The number of esters is 1. The lowest BCUT2D eigenvalue weighted by Gasteiger charge is -2.17. The van der Waals surface area contributed by atoms with Gasteiger partial charge in [-0.3, -0.25) is 14.9 Å². The molecule has 0 saturated heterocycles. The van der Waals surface area contributed by atoms with Crippen molar-refractivity contribution in [2.75, 3.05) is 6.54 Å². The molecule has 0 radical (unpaired) electrons. The Hall–Kier alpha value is -2.67. The molecule has 0 saturated carbocycles. The number of aryl methyl sites for hydroxylation is 1. The van der Waals surface area contributed by atoms with Gasteiger partial charge in [0.1, 0.15) is 0 Å². The fourth-order valence-corrected chi connectivity index (χ4v) is 2.86. The summed E-state index contributed by atoms with van der Waals surface area (Å²) in [7, 11) is 0. The Balaban J connectivity index is 2.02. The van der Waals surface area contributed by atoms with E-state index in [1.54, 1.807) is 48.6 Å². The van der Waals surface area contributed by atoms with Gasteiger partial charge in [-0.1, -0.05) is 30.3 Å². The second-order valence-electron chi connectivity index (χ2n) is 5.26. The van der Waals surface area contributed by atoms with E-state index in [-0.39, 0.29) is 6.42 Å². The second kappa shape index (κ2) is 9.58. The van der Waals surface area contributed by atoms with E-state index < -0.39 is 24.0 Å². The van der Waals surface area contributed by atoms with Crippen LogP contribution >= 0.6 is 11.3 Å². The lowest BCUT2D eigenvalue weighted by molar-refractivity contribution is -0.156. The zero-order chi connectivity index (χ0) is 18.1. The van der Waals surface area contributed by atoms with Gasteiger partial charge in [-0.25, -0.2) is 4.79 Å². The Morgan fingerprint density at radius 2 is 1.92 bits per heavy atom. The maximum Gasteiger partial charge on any atom is 0.321 e. The predicted molar refractivity (Wildman–Crippen MR) is 95.1 cm³/mol. The molecule has 0 unspecified atom stereocenters. The van der Waals surface area contributed by atoms with Crippen LogP contribution in [-0.2, 0) is 20.7 Å². The predicted octanol–water partition coefficient (Wildman–Crippen LogP) is 2.81. The molecule has 1 atom stereocenters.